The quantitative estimate of drug-likeness (QED) is 0.440. The monoisotopic (exact) mass is 413 g/mol. The van der Waals surface area contributed by atoms with Gasteiger partial charge in [-0.05, 0) is 81.4 Å². The Morgan fingerprint density at radius 1 is 1.10 bits per heavy atom. The van der Waals surface area contributed by atoms with Gasteiger partial charge in [0.25, 0.3) is 5.91 Å². The van der Waals surface area contributed by atoms with Crippen molar-refractivity contribution < 1.29 is 9.53 Å². The molecular formula is C23H31N3O2S. The number of anilines is 2. The first-order valence-electron chi connectivity index (χ1n) is 10.2. The highest BCUT2D eigenvalue weighted by Crippen LogP contribution is 2.22. The van der Waals surface area contributed by atoms with E-state index in [1.807, 2.05) is 25.1 Å². The molecule has 0 heterocycles. The van der Waals surface area contributed by atoms with E-state index in [2.05, 4.69) is 48.4 Å². The van der Waals surface area contributed by atoms with E-state index in [9.17, 15) is 4.79 Å². The third kappa shape index (κ3) is 6.75. The van der Waals surface area contributed by atoms with Crippen molar-refractivity contribution in [2.24, 2.45) is 0 Å². The second-order valence-corrected chi connectivity index (χ2v) is 7.22. The van der Waals surface area contributed by atoms with Crippen LogP contribution in [0.2, 0.25) is 0 Å². The van der Waals surface area contributed by atoms with Gasteiger partial charge in [0.2, 0.25) is 0 Å². The molecule has 0 aliphatic carbocycles. The van der Waals surface area contributed by atoms with Gasteiger partial charge in [-0.3, -0.25) is 10.1 Å². The Labute approximate surface area is 179 Å². The molecule has 0 radical (unpaired) electrons. The van der Waals surface area contributed by atoms with Crippen molar-refractivity contribution in [1.29, 1.82) is 0 Å². The number of rotatable bonds is 9. The molecule has 0 atom stereocenters. The zero-order valence-electron chi connectivity index (χ0n) is 17.7. The Kier molecular flexibility index (Phi) is 8.93. The van der Waals surface area contributed by atoms with E-state index in [-0.39, 0.29) is 11.0 Å². The molecule has 0 aliphatic rings. The van der Waals surface area contributed by atoms with Gasteiger partial charge in [0.15, 0.2) is 5.11 Å². The maximum atomic E-state index is 12.5. The van der Waals surface area contributed by atoms with E-state index < -0.39 is 0 Å². The molecule has 2 rings (SSSR count). The van der Waals surface area contributed by atoms with Crippen LogP contribution in [0.1, 0.15) is 49.5 Å². The number of nitrogens with zero attached hydrogens (tertiary/aromatic N) is 1. The summed E-state index contributed by atoms with van der Waals surface area (Å²) < 4.78 is 5.67. The highest BCUT2D eigenvalue weighted by atomic mass is 32.1. The minimum atomic E-state index is -0.263. The van der Waals surface area contributed by atoms with Gasteiger partial charge in [-0.2, -0.15) is 0 Å². The summed E-state index contributed by atoms with van der Waals surface area (Å²) in [6.45, 7) is 11.0. The molecule has 156 valence electrons. The number of carbonyl (C=O) groups excluding carboxylic acids is 1. The van der Waals surface area contributed by atoms with Crippen molar-refractivity contribution in [2.75, 3.05) is 29.9 Å². The smallest absolute Gasteiger partial charge is 0.257 e. The summed E-state index contributed by atoms with van der Waals surface area (Å²) in [6.07, 6.45) is 2.05. The van der Waals surface area contributed by atoms with Crippen LogP contribution in [0.5, 0.6) is 5.75 Å². The van der Waals surface area contributed by atoms with Gasteiger partial charge in [0.1, 0.15) is 5.75 Å². The van der Waals surface area contributed by atoms with E-state index in [1.165, 1.54) is 5.69 Å². The predicted molar refractivity (Wildman–Crippen MR) is 125 cm³/mol. The zero-order chi connectivity index (χ0) is 21.2. The van der Waals surface area contributed by atoms with Gasteiger partial charge in [-0.25, -0.2) is 0 Å². The van der Waals surface area contributed by atoms with Crippen LogP contribution in [0, 0.1) is 6.92 Å². The summed E-state index contributed by atoms with van der Waals surface area (Å²) >= 11 is 5.34. The fourth-order valence-corrected chi connectivity index (χ4v) is 3.17. The van der Waals surface area contributed by atoms with Gasteiger partial charge in [-0.15, -0.1) is 0 Å². The van der Waals surface area contributed by atoms with Crippen molar-refractivity contribution in [2.45, 2.75) is 40.5 Å². The number of hydrogen-bond acceptors (Lipinski definition) is 4. The summed E-state index contributed by atoms with van der Waals surface area (Å²) in [6, 6.07) is 13.3. The first-order valence-corrected chi connectivity index (χ1v) is 10.6. The molecule has 0 fully saturated rings. The molecule has 0 aliphatic heterocycles. The minimum absolute atomic E-state index is 0.263. The van der Waals surface area contributed by atoms with Gasteiger partial charge >= 0.3 is 0 Å². The summed E-state index contributed by atoms with van der Waals surface area (Å²) in [5, 5.41) is 6.13. The van der Waals surface area contributed by atoms with Crippen LogP contribution < -0.4 is 20.3 Å². The molecule has 0 saturated carbocycles. The molecule has 5 nitrogen and oxygen atoms in total. The Balaban J connectivity index is 1.98. The SMILES string of the molecule is CCCCOc1cccc(C(=O)NC(=S)Nc2ccc(N(CC)CC)cc2C)c1. The lowest BCUT2D eigenvalue weighted by Gasteiger charge is -2.22. The Hall–Kier alpha value is -2.60. The van der Waals surface area contributed by atoms with E-state index in [0.717, 1.165) is 37.2 Å². The van der Waals surface area contributed by atoms with Crippen LogP contribution in [-0.4, -0.2) is 30.7 Å². The van der Waals surface area contributed by atoms with Crippen LogP contribution >= 0.6 is 12.2 Å². The number of hydrogen-bond donors (Lipinski definition) is 2. The van der Waals surface area contributed by atoms with Gasteiger partial charge < -0.3 is 15.0 Å². The van der Waals surface area contributed by atoms with E-state index in [0.29, 0.717) is 17.9 Å². The molecule has 0 spiro atoms. The molecule has 0 unspecified atom stereocenters. The van der Waals surface area contributed by atoms with E-state index in [4.69, 9.17) is 17.0 Å². The number of ether oxygens (including phenoxy) is 1. The Morgan fingerprint density at radius 3 is 2.52 bits per heavy atom. The summed E-state index contributed by atoms with van der Waals surface area (Å²) in [5.74, 6) is 0.425. The molecule has 1 amide bonds. The fourth-order valence-electron chi connectivity index (χ4n) is 2.96. The standard InChI is InChI=1S/C23H31N3O2S/c1-5-8-14-28-20-11-9-10-18(16-20)22(27)25-23(29)24-21-13-12-19(15-17(21)4)26(6-2)7-3/h9-13,15-16H,5-8,14H2,1-4H3,(H2,24,25,27,29). The van der Waals surface area contributed by atoms with Crippen LogP contribution in [0.25, 0.3) is 0 Å². The largest absolute Gasteiger partial charge is 0.494 e. The normalized spacial score (nSPS) is 10.3. The average molecular weight is 414 g/mol. The molecule has 0 aromatic heterocycles. The molecule has 29 heavy (non-hydrogen) atoms. The van der Waals surface area contributed by atoms with E-state index in [1.54, 1.807) is 12.1 Å². The Bertz CT molecular complexity index is 835. The first-order chi connectivity index (χ1) is 14.0. The fraction of sp³-hybridized carbons (Fsp3) is 0.391. The number of nitrogens with one attached hydrogen (secondary N) is 2. The second kappa shape index (κ2) is 11.4. The highest BCUT2D eigenvalue weighted by molar-refractivity contribution is 7.80. The van der Waals surface area contributed by atoms with Crippen LogP contribution in [0.4, 0.5) is 11.4 Å². The molecule has 6 heteroatoms. The van der Waals surface area contributed by atoms with Crippen molar-refractivity contribution in [1.82, 2.24) is 5.32 Å². The van der Waals surface area contributed by atoms with Crippen molar-refractivity contribution in [3.63, 3.8) is 0 Å². The van der Waals surface area contributed by atoms with Crippen LogP contribution in [-0.2, 0) is 0 Å². The van der Waals surface area contributed by atoms with Crippen LogP contribution in [0.15, 0.2) is 42.5 Å². The zero-order valence-corrected chi connectivity index (χ0v) is 18.6. The Morgan fingerprint density at radius 2 is 1.86 bits per heavy atom. The van der Waals surface area contributed by atoms with Gasteiger partial charge in [0.05, 0.1) is 6.61 Å². The number of benzene rings is 2. The highest BCUT2D eigenvalue weighted by Gasteiger charge is 2.11. The third-order valence-electron chi connectivity index (χ3n) is 4.68. The molecule has 0 saturated heterocycles. The minimum Gasteiger partial charge on any atom is -0.494 e. The number of thiocarbonyl (C=S) groups is 1. The lowest BCUT2D eigenvalue weighted by atomic mass is 10.1. The number of carbonyl (C=O) groups is 1. The lowest BCUT2D eigenvalue weighted by Crippen LogP contribution is -2.34. The van der Waals surface area contributed by atoms with E-state index >= 15 is 0 Å². The summed E-state index contributed by atoms with van der Waals surface area (Å²) in [7, 11) is 0. The van der Waals surface area contributed by atoms with Crippen molar-refractivity contribution in [3.05, 3.63) is 53.6 Å². The van der Waals surface area contributed by atoms with Crippen molar-refractivity contribution >= 4 is 34.6 Å². The second-order valence-electron chi connectivity index (χ2n) is 6.81. The summed E-state index contributed by atoms with van der Waals surface area (Å²) in [5.41, 5.74) is 3.63. The average Bonchev–Trinajstić information content (AvgIpc) is 2.71. The predicted octanol–water partition coefficient (Wildman–Crippen LogP) is 5.15. The van der Waals surface area contributed by atoms with Gasteiger partial charge in [-0.1, -0.05) is 19.4 Å². The molecule has 2 N–H and O–H groups in total. The van der Waals surface area contributed by atoms with Gasteiger partial charge in [0, 0.05) is 30.0 Å². The number of amides is 1. The maximum absolute atomic E-state index is 12.5. The lowest BCUT2D eigenvalue weighted by molar-refractivity contribution is 0.0977. The van der Waals surface area contributed by atoms with Crippen molar-refractivity contribution in [3.8, 4) is 5.75 Å². The van der Waals surface area contributed by atoms with Crippen LogP contribution in [0.3, 0.4) is 0 Å². The number of unbranched alkanes of at least 4 members (excludes halogenated alkanes) is 1. The third-order valence-corrected chi connectivity index (χ3v) is 4.88. The molecular weight excluding hydrogens is 382 g/mol. The molecule has 2 aromatic rings. The number of aryl methyl sites for hydroxylation is 1. The molecule has 0 bridgehead atoms. The topological polar surface area (TPSA) is 53.6 Å². The molecule has 2 aromatic carbocycles. The first kappa shape index (κ1) is 22.7. The maximum Gasteiger partial charge on any atom is 0.257 e. The summed E-state index contributed by atoms with van der Waals surface area (Å²) in [4.78, 5) is 14.8.